The van der Waals surface area contributed by atoms with Crippen molar-refractivity contribution < 1.29 is 9.53 Å². The van der Waals surface area contributed by atoms with Gasteiger partial charge in [0, 0.05) is 10.2 Å². The lowest BCUT2D eigenvalue weighted by molar-refractivity contribution is -0.142. The Morgan fingerprint density at radius 3 is 2.82 bits per heavy atom. The normalized spacial score (nSPS) is 16.4. The fourth-order valence-corrected chi connectivity index (χ4v) is 2.19. The van der Waals surface area contributed by atoms with Crippen molar-refractivity contribution in [1.82, 2.24) is 0 Å². The van der Waals surface area contributed by atoms with Gasteiger partial charge >= 0.3 is 5.97 Å². The molecule has 1 aliphatic rings. The molecule has 0 saturated heterocycles. The minimum atomic E-state index is -0.256. The summed E-state index contributed by atoms with van der Waals surface area (Å²) < 4.78 is 5.61. The van der Waals surface area contributed by atoms with Gasteiger partial charge in [-0.1, -0.05) is 11.6 Å². The van der Waals surface area contributed by atoms with Crippen LogP contribution in [0.4, 0.5) is 5.69 Å². The molecule has 0 radical (unpaired) electrons. The molecule has 0 heterocycles. The van der Waals surface area contributed by atoms with Gasteiger partial charge in [0.2, 0.25) is 0 Å². The summed E-state index contributed by atoms with van der Waals surface area (Å²) in [4.78, 5) is 11.6. The van der Waals surface area contributed by atoms with E-state index in [0.717, 1.165) is 23.0 Å². The van der Waals surface area contributed by atoms with Crippen LogP contribution in [0.2, 0.25) is 5.02 Å². The summed E-state index contributed by atoms with van der Waals surface area (Å²) in [6.45, 7) is 0. The Balaban J connectivity index is 2.11. The fraction of sp³-hybridized carbons (Fsp3) is 0.417. The van der Waals surface area contributed by atoms with Crippen molar-refractivity contribution in [3.8, 4) is 0 Å². The highest BCUT2D eigenvalue weighted by Crippen LogP contribution is 2.35. The highest BCUT2D eigenvalue weighted by molar-refractivity contribution is 9.10. The molecule has 0 aromatic heterocycles. The predicted molar refractivity (Wildman–Crippen MR) is 71.3 cm³/mol. The van der Waals surface area contributed by atoms with Gasteiger partial charge in [0.1, 0.15) is 6.04 Å². The number of methoxy groups -OCH3 is 1. The molecule has 17 heavy (non-hydrogen) atoms. The molecule has 1 aromatic carbocycles. The maximum atomic E-state index is 11.6. The van der Waals surface area contributed by atoms with Gasteiger partial charge < -0.3 is 10.1 Å². The van der Waals surface area contributed by atoms with Crippen LogP contribution in [-0.4, -0.2) is 19.1 Å². The van der Waals surface area contributed by atoms with Crippen LogP contribution in [0.5, 0.6) is 0 Å². The molecule has 3 nitrogen and oxygen atoms in total. The van der Waals surface area contributed by atoms with Crippen molar-refractivity contribution in [3.63, 3.8) is 0 Å². The molecule has 0 amide bonds. The molecule has 1 N–H and O–H groups in total. The van der Waals surface area contributed by atoms with Crippen LogP contribution in [0, 0.1) is 5.92 Å². The van der Waals surface area contributed by atoms with Gasteiger partial charge in [-0.15, -0.1) is 0 Å². The number of carbonyl (C=O) groups is 1. The van der Waals surface area contributed by atoms with Crippen LogP contribution in [0.1, 0.15) is 12.8 Å². The third kappa shape index (κ3) is 3.13. The molecule has 1 saturated carbocycles. The highest BCUT2D eigenvalue weighted by atomic mass is 79.9. The molecule has 0 spiro atoms. The molecule has 2 rings (SSSR count). The number of anilines is 1. The number of benzene rings is 1. The Kier molecular flexibility index (Phi) is 3.94. The average Bonchev–Trinajstić information content (AvgIpc) is 3.13. The first kappa shape index (κ1) is 12.7. The van der Waals surface area contributed by atoms with Crippen molar-refractivity contribution in [2.45, 2.75) is 18.9 Å². The first-order valence-corrected chi connectivity index (χ1v) is 6.58. The van der Waals surface area contributed by atoms with E-state index in [9.17, 15) is 4.79 Å². The summed E-state index contributed by atoms with van der Waals surface area (Å²) in [5, 5.41) is 3.85. The molecule has 92 valence electrons. The zero-order valence-corrected chi connectivity index (χ0v) is 11.7. The van der Waals surface area contributed by atoms with E-state index in [1.165, 1.54) is 7.11 Å². The largest absolute Gasteiger partial charge is 0.467 e. The van der Waals surface area contributed by atoms with Crippen molar-refractivity contribution in [2.24, 2.45) is 5.92 Å². The maximum Gasteiger partial charge on any atom is 0.328 e. The van der Waals surface area contributed by atoms with Crippen LogP contribution in [0.25, 0.3) is 0 Å². The molecule has 0 bridgehead atoms. The van der Waals surface area contributed by atoms with Gasteiger partial charge in [0.25, 0.3) is 0 Å². The molecule has 1 aromatic rings. The number of ether oxygens (including phenoxy) is 1. The summed E-state index contributed by atoms with van der Waals surface area (Å²) in [6.07, 6.45) is 2.14. The van der Waals surface area contributed by atoms with Gasteiger partial charge in [-0.05, 0) is 52.9 Å². The predicted octanol–water partition coefficient (Wildman–Crippen LogP) is 3.47. The summed E-state index contributed by atoms with van der Waals surface area (Å²) in [6, 6.07) is 5.24. The summed E-state index contributed by atoms with van der Waals surface area (Å²) >= 11 is 9.27. The second kappa shape index (κ2) is 5.27. The third-order valence-corrected chi connectivity index (χ3v) is 4.00. The number of carbonyl (C=O) groups excluding carboxylic acids is 1. The molecule has 1 unspecified atom stereocenters. The molecular formula is C12H13BrClNO2. The van der Waals surface area contributed by atoms with E-state index in [2.05, 4.69) is 21.2 Å². The van der Waals surface area contributed by atoms with Gasteiger partial charge in [-0.2, -0.15) is 0 Å². The van der Waals surface area contributed by atoms with Crippen molar-refractivity contribution in [2.75, 3.05) is 12.4 Å². The molecule has 1 atom stereocenters. The van der Waals surface area contributed by atoms with Crippen LogP contribution >= 0.6 is 27.5 Å². The van der Waals surface area contributed by atoms with Crippen LogP contribution in [-0.2, 0) is 9.53 Å². The lowest BCUT2D eigenvalue weighted by Crippen LogP contribution is -2.32. The Labute approximate surface area is 114 Å². The van der Waals surface area contributed by atoms with E-state index in [1.54, 1.807) is 6.07 Å². The summed E-state index contributed by atoms with van der Waals surface area (Å²) in [5.41, 5.74) is 0.864. The van der Waals surface area contributed by atoms with Crippen molar-refractivity contribution in [1.29, 1.82) is 0 Å². The average molecular weight is 319 g/mol. The molecular weight excluding hydrogens is 305 g/mol. The van der Waals surface area contributed by atoms with Crippen molar-refractivity contribution >= 4 is 39.2 Å². The van der Waals surface area contributed by atoms with Gasteiger partial charge in [-0.25, -0.2) is 4.79 Å². The molecule has 5 heteroatoms. The number of hydrogen-bond donors (Lipinski definition) is 1. The molecule has 0 aliphatic heterocycles. The number of esters is 1. The van der Waals surface area contributed by atoms with Crippen LogP contribution in [0.15, 0.2) is 22.7 Å². The van der Waals surface area contributed by atoms with Crippen LogP contribution < -0.4 is 5.32 Å². The molecule has 1 aliphatic carbocycles. The Morgan fingerprint density at radius 2 is 2.29 bits per heavy atom. The Hall–Kier alpha value is -0.740. The second-order valence-electron chi connectivity index (χ2n) is 4.11. The van der Waals surface area contributed by atoms with Crippen molar-refractivity contribution in [3.05, 3.63) is 27.7 Å². The Morgan fingerprint density at radius 1 is 1.59 bits per heavy atom. The lowest BCUT2D eigenvalue weighted by atomic mass is 10.1. The van der Waals surface area contributed by atoms with E-state index in [-0.39, 0.29) is 12.0 Å². The standard InChI is InChI=1S/C12H13BrClNO2/c1-17-12(16)11(7-2-3-7)15-8-4-5-10(14)9(13)6-8/h4-7,11,15H,2-3H2,1H3. The number of nitrogens with one attached hydrogen (secondary N) is 1. The smallest absolute Gasteiger partial charge is 0.328 e. The van der Waals surface area contributed by atoms with E-state index in [1.807, 2.05) is 12.1 Å². The highest BCUT2D eigenvalue weighted by Gasteiger charge is 2.36. The maximum absolute atomic E-state index is 11.6. The topological polar surface area (TPSA) is 38.3 Å². The lowest BCUT2D eigenvalue weighted by Gasteiger charge is -2.17. The van der Waals surface area contributed by atoms with Gasteiger partial charge in [0.15, 0.2) is 0 Å². The molecule has 1 fully saturated rings. The van der Waals surface area contributed by atoms with Crippen LogP contribution in [0.3, 0.4) is 0 Å². The monoisotopic (exact) mass is 317 g/mol. The first-order chi connectivity index (χ1) is 8.11. The second-order valence-corrected chi connectivity index (χ2v) is 5.37. The number of halogens is 2. The number of hydrogen-bond acceptors (Lipinski definition) is 3. The van der Waals surface area contributed by atoms with E-state index < -0.39 is 0 Å². The fourth-order valence-electron chi connectivity index (χ4n) is 1.69. The minimum absolute atomic E-state index is 0.210. The van der Waals surface area contributed by atoms with E-state index in [0.29, 0.717) is 10.9 Å². The third-order valence-electron chi connectivity index (χ3n) is 2.79. The first-order valence-electron chi connectivity index (χ1n) is 5.41. The number of rotatable bonds is 4. The zero-order chi connectivity index (χ0) is 12.4. The van der Waals surface area contributed by atoms with Gasteiger partial charge in [-0.3, -0.25) is 0 Å². The Bertz CT molecular complexity index is 435. The minimum Gasteiger partial charge on any atom is -0.467 e. The van der Waals surface area contributed by atoms with E-state index in [4.69, 9.17) is 16.3 Å². The quantitative estimate of drug-likeness (QED) is 0.864. The summed E-state index contributed by atoms with van der Waals surface area (Å²) in [7, 11) is 1.41. The van der Waals surface area contributed by atoms with Gasteiger partial charge in [0.05, 0.1) is 12.1 Å². The zero-order valence-electron chi connectivity index (χ0n) is 9.37. The summed E-state index contributed by atoms with van der Waals surface area (Å²) in [5.74, 6) is 0.176. The SMILES string of the molecule is COC(=O)C(Nc1ccc(Cl)c(Br)c1)C1CC1. The van der Waals surface area contributed by atoms with E-state index >= 15 is 0 Å².